The van der Waals surface area contributed by atoms with Crippen LogP contribution in [0.5, 0.6) is 11.5 Å². The summed E-state index contributed by atoms with van der Waals surface area (Å²) in [5, 5.41) is 2.64. The number of hydrogen-bond donors (Lipinski definition) is 2. The van der Waals surface area contributed by atoms with E-state index in [9.17, 15) is 18.0 Å². The molecule has 0 atom stereocenters. The molecule has 9 nitrogen and oxygen atoms in total. The summed E-state index contributed by atoms with van der Waals surface area (Å²) in [6.07, 6.45) is 2.06. The van der Waals surface area contributed by atoms with E-state index in [-0.39, 0.29) is 10.8 Å². The molecule has 0 unspecified atom stereocenters. The summed E-state index contributed by atoms with van der Waals surface area (Å²) in [5.74, 6) is 0.653. The van der Waals surface area contributed by atoms with Crippen LogP contribution in [0.4, 0.5) is 11.4 Å². The van der Waals surface area contributed by atoms with E-state index in [0.29, 0.717) is 49.1 Å². The largest absolute Gasteiger partial charge is 0.490 e. The minimum absolute atomic E-state index is 0.0197. The normalized spacial score (nSPS) is 16.1. The Kier molecular flexibility index (Phi) is 6.10. The summed E-state index contributed by atoms with van der Waals surface area (Å²) in [6, 6.07) is 11.0. The van der Waals surface area contributed by atoms with E-state index in [1.807, 2.05) is 0 Å². The van der Waals surface area contributed by atoms with Gasteiger partial charge in [-0.05, 0) is 42.8 Å². The van der Waals surface area contributed by atoms with Crippen LogP contribution in [0.1, 0.15) is 19.3 Å². The van der Waals surface area contributed by atoms with Crippen molar-refractivity contribution in [3.8, 4) is 11.5 Å². The number of benzene rings is 2. The Labute approximate surface area is 180 Å². The SMILES string of the molecule is O=C(CNS(=O)(=O)c1ccc(N2CCCC2=O)cc1)Nc1ccc2c(c1)OCCCO2. The lowest BCUT2D eigenvalue weighted by molar-refractivity contribution is -0.117. The average Bonchev–Trinajstić information content (AvgIpc) is 3.05. The maximum absolute atomic E-state index is 12.5. The van der Waals surface area contributed by atoms with Crippen LogP contribution in [0, 0.1) is 0 Å². The number of anilines is 2. The molecular weight excluding hydrogens is 422 g/mol. The Morgan fingerprint density at radius 3 is 2.45 bits per heavy atom. The van der Waals surface area contributed by atoms with Gasteiger partial charge >= 0.3 is 0 Å². The van der Waals surface area contributed by atoms with Gasteiger partial charge in [-0.2, -0.15) is 0 Å². The predicted molar refractivity (Wildman–Crippen MR) is 114 cm³/mol. The summed E-state index contributed by atoms with van der Waals surface area (Å²) in [4.78, 5) is 25.7. The zero-order chi connectivity index (χ0) is 21.8. The maximum Gasteiger partial charge on any atom is 0.241 e. The first-order valence-corrected chi connectivity index (χ1v) is 11.5. The first-order valence-electron chi connectivity index (χ1n) is 10.0. The van der Waals surface area contributed by atoms with E-state index in [4.69, 9.17) is 9.47 Å². The van der Waals surface area contributed by atoms with Gasteiger partial charge in [-0.15, -0.1) is 0 Å². The molecule has 31 heavy (non-hydrogen) atoms. The molecule has 2 aliphatic rings. The number of carbonyl (C=O) groups excluding carboxylic acids is 2. The van der Waals surface area contributed by atoms with Crippen molar-refractivity contribution < 1.29 is 27.5 Å². The number of fused-ring (bicyclic) bond motifs is 1. The second-order valence-corrected chi connectivity index (χ2v) is 8.99. The van der Waals surface area contributed by atoms with Gasteiger partial charge in [-0.3, -0.25) is 9.59 Å². The topological polar surface area (TPSA) is 114 Å². The Morgan fingerprint density at radius 2 is 1.74 bits per heavy atom. The van der Waals surface area contributed by atoms with Crippen molar-refractivity contribution in [1.29, 1.82) is 0 Å². The molecule has 2 aromatic rings. The number of nitrogens with one attached hydrogen (secondary N) is 2. The second-order valence-electron chi connectivity index (χ2n) is 7.23. The fourth-order valence-corrected chi connectivity index (χ4v) is 4.40. The number of rotatable bonds is 6. The summed E-state index contributed by atoms with van der Waals surface area (Å²) in [6.45, 7) is 1.29. The smallest absolute Gasteiger partial charge is 0.241 e. The number of nitrogens with zero attached hydrogens (tertiary/aromatic N) is 1. The fraction of sp³-hybridized carbons (Fsp3) is 0.333. The highest BCUT2D eigenvalue weighted by atomic mass is 32.2. The van der Waals surface area contributed by atoms with Crippen molar-refractivity contribution in [2.24, 2.45) is 0 Å². The quantitative estimate of drug-likeness (QED) is 0.702. The van der Waals surface area contributed by atoms with Crippen LogP contribution in [0.2, 0.25) is 0 Å². The monoisotopic (exact) mass is 445 g/mol. The van der Waals surface area contributed by atoms with Crippen LogP contribution < -0.4 is 24.4 Å². The molecule has 164 valence electrons. The van der Waals surface area contributed by atoms with Gasteiger partial charge in [0.2, 0.25) is 21.8 Å². The molecule has 10 heteroatoms. The Hall–Kier alpha value is -3.11. The molecule has 2 N–H and O–H groups in total. The first kappa shape index (κ1) is 21.1. The molecule has 1 fully saturated rings. The third-order valence-corrected chi connectivity index (χ3v) is 6.40. The van der Waals surface area contributed by atoms with Gasteiger partial charge in [0.1, 0.15) is 0 Å². The number of hydrogen-bond acceptors (Lipinski definition) is 6. The van der Waals surface area contributed by atoms with Gasteiger partial charge in [0, 0.05) is 36.8 Å². The minimum atomic E-state index is -3.88. The molecule has 2 amide bonds. The highest BCUT2D eigenvalue weighted by Gasteiger charge is 2.23. The lowest BCUT2D eigenvalue weighted by atomic mass is 10.2. The van der Waals surface area contributed by atoms with Crippen molar-refractivity contribution in [3.63, 3.8) is 0 Å². The van der Waals surface area contributed by atoms with E-state index in [1.54, 1.807) is 35.2 Å². The molecule has 1 saturated heterocycles. The van der Waals surface area contributed by atoms with Crippen molar-refractivity contribution in [1.82, 2.24) is 4.72 Å². The van der Waals surface area contributed by atoms with Crippen molar-refractivity contribution >= 4 is 33.2 Å². The van der Waals surface area contributed by atoms with Crippen molar-refractivity contribution in [3.05, 3.63) is 42.5 Å². The van der Waals surface area contributed by atoms with E-state index in [0.717, 1.165) is 12.8 Å². The van der Waals surface area contributed by atoms with E-state index >= 15 is 0 Å². The van der Waals surface area contributed by atoms with Crippen LogP contribution in [0.15, 0.2) is 47.4 Å². The molecule has 2 aliphatic heterocycles. The van der Waals surface area contributed by atoms with E-state index < -0.39 is 22.5 Å². The zero-order valence-electron chi connectivity index (χ0n) is 16.8. The number of ether oxygens (including phenoxy) is 2. The van der Waals surface area contributed by atoms with Gasteiger partial charge in [0.15, 0.2) is 11.5 Å². The van der Waals surface area contributed by atoms with Gasteiger partial charge in [-0.25, -0.2) is 13.1 Å². The number of carbonyl (C=O) groups is 2. The maximum atomic E-state index is 12.5. The summed E-state index contributed by atoms with van der Waals surface area (Å²) in [5.41, 5.74) is 1.14. The van der Waals surface area contributed by atoms with Crippen LogP contribution in [0.25, 0.3) is 0 Å². The van der Waals surface area contributed by atoms with Gasteiger partial charge < -0.3 is 19.7 Å². The lowest BCUT2D eigenvalue weighted by Crippen LogP contribution is -2.33. The third-order valence-electron chi connectivity index (χ3n) is 4.99. The second kappa shape index (κ2) is 8.94. The molecule has 0 aliphatic carbocycles. The Morgan fingerprint density at radius 1 is 1.00 bits per heavy atom. The van der Waals surface area contributed by atoms with Crippen LogP contribution in [0.3, 0.4) is 0 Å². The molecule has 0 aromatic heterocycles. The van der Waals surface area contributed by atoms with Crippen molar-refractivity contribution in [2.45, 2.75) is 24.2 Å². The van der Waals surface area contributed by atoms with E-state index in [1.165, 1.54) is 12.1 Å². The minimum Gasteiger partial charge on any atom is -0.490 e. The lowest BCUT2D eigenvalue weighted by Gasteiger charge is -2.16. The van der Waals surface area contributed by atoms with Gasteiger partial charge in [-0.1, -0.05) is 0 Å². The highest BCUT2D eigenvalue weighted by molar-refractivity contribution is 7.89. The molecule has 2 heterocycles. The predicted octanol–water partition coefficient (Wildman–Crippen LogP) is 1.89. The Balaban J connectivity index is 1.35. The highest BCUT2D eigenvalue weighted by Crippen LogP contribution is 2.32. The molecular formula is C21H23N3O6S. The summed E-state index contributed by atoms with van der Waals surface area (Å²) >= 11 is 0. The molecule has 0 spiro atoms. The molecule has 0 radical (unpaired) electrons. The standard InChI is InChI=1S/C21H23N3O6S/c25-20(23-15-4-9-18-19(13-15)30-12-2-11-29-18)14-22-31(27,28)17-7-5-16(6-8-17)24-10-1-3-21(24)26/h4-9,13,22H,1-3,10-12,14H2,(H,23,25). The fourth-order valence-electron chi connectivity index (χ4n) is 3.42. The van der Waals surface area contributed by atoms with Crippen LogP contribution >= 0.6 is 0 Å². The zero-order valence-corrected chi connectivity index (χ0v) is 17.6. The summed E-state index contributed by atoms with van der Waals surface area (Å²) in [7, 11) is -3.88. The van der Waals surface area contributed by atoms with Gasteiger partial charge in [0.25, 0.3) is 0 Å². The number of amides is 2. The molecule has 0 bridgehead atoms. The summed E-state index contributed by atoms with van der Waals surface area (Å²) < 4.78 is 38.4. The van der Waals surface area contributed by atoms with Crippen LogP contribution in [-0.2, 0) is 19.6 Å². The Bertz CT molecular complexity index is 1080. The number of sulfonamides is 1. The molecule has 2 aromatic carbocycles. The average molecular weight is 445 g/mol. The third kappa shape index (κ3) is 4.97. The van der Waals surface area contributed by atoms with Gasteiger partial charge in [0.05, 0.1) is 24.7 Å². The molecule has 4 rings (SSSR count). The molecule has 0 saturated carbocycles. The first-order chi connectivity index (χ1) is 14.9. The van der Waals surface area contributed by atoms with Crippen molar-refractivity contribution in [2.75, 3.05) is 36.5 Å². The van der Waals surface area contributed by atoms with Crippen LogP contribution in [-0.4, -0.2) is 46.5 Å². The van der Waals surface area contributed by atoms with E-state index in [2.05, 4.69) is 10.0 Å².